The smallest absolute Gasteiger partial charge is 0.407 e. The summed E-state index contributed by atoms with van der Waals surface area (Å²) in [5.41, 5.74) is 0.862. The Morgan fingerprint density at radius 3 is 2.59 bits per heavy atom. The number of phenols is 1. The van der Waals surface area contributed by atoms with Gasteiger partial charge in [-0.3, -0.25) is 14.7 Å². The average molecular weight is 410 g/mol. The number of aromatic nitrogens is 1. The van der Waals surface area contributed by atoms with Crippen LogP contribution >= 0.6 is 23.2 Å². The molecule has 1 unspecified atom stereocenters. The molecule has 9 heteroatoms. The quantitative estimate of drug-likeness (QED) is 0.717. The Kier molecular flexibility index (Phi) is 5.72. The van der Waals surface area contributed by atoms with Crippen LogP contribution in [0.15, 0.2) is 36.7 Å². The van der Waals surface area contributed by atoms with Crippen LogP contribution in [-0.4, -0.2) is 44.7 Å². The van der Waals surface area contributed by atoms with E-state index in [0.717, 1.165) is 4.90 Å². The van der Waals surface area contributed by atoms with Crippen molar-refractivity contribution >= 4 is 35.2 Å². The van der Waals surface area contributed by atoms with E-state index in [2.05, 4.69) is 10.3 Å². The predicted octanol–water partition coefficient (Wildman–Crippen LogP) is 3.44. The summed E-state index contributed by atoms with van der Waals surface area (Å²) in [4.78, 5) is 29.3. The van der Waals surface area contributed by atoms with Gasteiger partial charge < -0.3 is 15.5 Å². The molecule has 2 aromatic rings. The number of rotatable bonds is 4. The molecule has 2 atom stereocenters. The van der Waals surface area contributed by atoms with Crippen LogP contribution in [0.3, 0.4) is 0 Å². The minimum Gasteiger partial charge on any atom is -0.508 e. The molecule has 2 amide bonds. The van der Waals surface area contributed by atoms with Crippen molar-refractivity contribution in [3.8, 4) is 5.75 Å². The number of carbonyl (C=O) groups excluding carboxylic acids is 1. The molecule has 142 valence electrons. The summed E-state index contributed by atoms with van der Waals surface area (Å²) in [5.74, 6) is -0.597. The number of hydrogen-bond acceptors (Lipinski definition) is 4. The molecule has 1 aliphatic rings. The molecule has 0 aliphatic carbocycles. The van der Waals surface area contributed by atoms with Gasteiger partial charge >= 0.3 is 6.09 Å². The molecule has 0 radical (unpaired) electrons. The van der Waals surface area contributed by atoms with Crippen LogP contribution in [0.4, 0.5) is 4.79 Å². The third-order valence-corrected chi connectivity index (χ3v) is 5.34. The lowest BCUT2D eigenvalue weighted by atomic mass is 9.97. The van der Waals surface area contributed by atoms with Gasteiger partial charge in [0.1, 0.15) is 11.8 Å². The van der Waals surface area contributed by atoms with E-state index in [1.165, 1.54) is 12.1 Å². The lowest BCUT2D eigenvalue weighted by Crippen LogP contribution is -2.46. The number of nitrogens with one attached hydrogen (secondary N) is 1. The molecule has 1 saturated heterocycles. The maximum atomic E-state index is 12.8. The van der Waals surface area contributed by atoms with Crippen molar-refractivity contribution in [2.45, 2.75) is 24.9 Å². The van der Waals surface area contributed by atoms with Crippen molar-refractivity contribution in [3.05, 3.63) is 57.8 Å². The summed E-state index contributed by atoms with van der Waals surface area (Å²) < 4.78 is 0. The molecule has 7 nitrogen and oxygen atoms in total. The highest BCUT2D eigenvalue weighted by molar-refractivity contribution is 6.42. The Balaban J connectivity index is 1.99. The number of aromatic hydroxyl groups is 1. The molecule has 2 heterocycles. The van der Waals surface area contributed by atoms with Gasteiger partial charge in [0.25, 0.3) is 0 Å². The van der Waals surface area contributed by atoms with E-state index in [1.807, 2.05) is 0 Å². The number of hydrogen-bond donors (Lipinski definition) is 3. The second-order valence-electron chi connectivity index (χ2n) is 6.15. The van der Waals surface area contributed by atoms with Gasteiger partial charge in [0.05, 0.1) is 16.1 Å². The second-order valence-corrected chi connectivity index (χ2v) is 6.94. The zero-order valence-electron chi connectivity index (χ0n) is 14.1. The minimum absolute atomic E-state index is 0.111. The number of benzene rings is 1. The van der Waals surface area contributed by atoms with E-state index < -0.39 is 24.1 Å². The van der Waals surface area contributed by atoms with Crippen molar-refractivity contribution in [2.24, 2.45) is 0 Å². The van der Waals surface area contributed by atoms with Crippen LogP contribution in [0, 0.1) is 0 Å². The molecule has 1 fully saturated rings. The van der Waals surface area contributed by atoms with Gasteiger partial charge in [0.15, 0.2) is 0 Å². The fourth-order valence-corrected chi connectivity index (χ4v) is 3.65. The Morgan fingerprint density at radius 1 is 1.22 bits per heavy atom. The van der Waals surface area contributed by atoms with E-state index in [9.17, 15) is 19.8 Å². The zero-order valence-corrected chi connectivity index (χ0v) is 15.6. The normalized spacial score (nSPS) is 17.6. The minimum atomic E-state index is -1.14. The van der Waals surface area contributed by atoms with Crippen molar-refractivity contribution in [1.29, 1.82) is 0 Å². The molecule has 1 aliphatic heterocycles. The summed E-state index contributed by atoms with van der Waals surface area (Å²) >= 11 is 12.4. The first-order valence-corrected chi connectivity index (χ1v) is 9.02. The Hall–Kier alpha value is -2.51. The van der Waals surface area contributed by atoms with Gasteiger partial charge in [-0.2, -0.15) is 0 Å². The molecule has 0 bridgehead atoms. The Labute approximate surface area is 165 Å². The largest absolute Gasteiger partial charge is 0.508 e. The van der Waals surface area contributed by atoms with E-state index in [0.29, 0.717) is 24.9 Å². The Bertz CT molecular complexity index is 863. The SMILES string of the molecule is O=C(NC(c1ccncc1)c1c(O)ccc(Cl)c1Cl)[C@@H]1CCCN1C(=O)O. The summed E-state index contributed by atoms with van der Waals surface area (Å²) in [5, 5.41) is 22.8. The number of likely N-dealkylation sites (tertiary alicyclic amines) is 1. The van der Waals surface area contributed by atoms with E-state index in [-0.39, 0.29) is 21.4 Å². The van der Waals surface area contributed by atoms with Crippen LogP contribution in [-0.2, 0) is 4.79 Å². The molecule has 1 aromatic carbocycles. The number of carbonyl (C=O) groups is 2. The lowest BCUT2D eigenvalue weighted by Gasteiger charge is -2.26. The van der Waals surface area contributed by atoms with Crippen LogP contribution in [0.2, 0.25) is 10.0 Å². The van der Waals surface area contributed by atoms with Crippen LogP contribution < -0.4 is 5.32 Å². The monoisotopic (exact) mass is 409 g/mol. The van der Waals surface area contributed by atoms with Gasteiger partial charge in [0, 0.05) is 24.5 Å². The highest BCUT2D eigenvalue weighted by Gasteiger charge is 2.36. The molecule has 3 N–H and O–H groups in total. The number of phenolic OH excluding ortho intramolecular Hbond substituents is 1. The molecule has 27 heavy (non-hydrogen) atoms. The maximum absolute atomic E-state index is 12.8. The fraction of sp³-hybridized carbons (Fsp3) is 0.278. The summed E-state index contributed by atoms with van der Waals surface area (Å²) in [6, 6.07) is 4.58. The highest BCUT2D eigenvalue weighted by Crippen LogP contribution is 2.39. The molecule has 0 spiro atoms. The predicted molar refractivity (Wildman–Crippen MR) is 100 cm³/mol. The van der Waals surface area contributed by atoms with Crippen LogP contribution in [0.1, 0.15) is 30.0 Å². The molecular weight excluding hydrogens is 393 g/mol. The lowest BCUT2D eigenvalue weighted by molar-refractivity contribution is -0.125. The number of carboxylic acid groups (broad SMARTS) is 1. The van der Waals surface area contributed by atoms with Crippen molar-refractivity contribution < 1.29 is 19.8 Å². The van der Waals surface area contributed by atoms with E-state index >= 15 is 0 Å². The molecular formula is C18H17Cl2N3O4. The Morgan fingerprint density at radius 2 is 1.93 bits per heavy atom. The van der Waals surface area contributed by atoms with E-state index in [1.54, 1.807) is 24.5 Å². The van der Waals surface area contributed by atoms with Crippen molar-refractivity contribution in [3.63, 3.8) is 0 Å². The summed E-state index contributed by atoms with van der Waals surface area (Å²) in [7, 11) is 0. The van der Waals surface area contributed by atoms with Crippen molar-refractivity contribution in [1.82, 2.24) is 15.2 Å². The number of halogens is 2. The number of nitrogens with zero attached hydrogens (tertiary/aromatic N) is 2. The first kappa shape index (κ1) is 19.3. The third kappa shape index (κ3) is 3.94. The topological polar surface area (TPSA) is 103 Å². The summed E-state index contributed by atoms with van der Waals surface area (Å²) in [6.45, 7) is 0.302. The fourth-order valence-electron chi connectivity index (χ4n) is 3.22. The second kappa shape index (κ2) is 8.02. The highest BCUT2D eigenvalue weighted by atomic mass is 35.5. The van der Waals surface area contributed by atoms with Gasteiger partial charge in [-0.25, -0.2) is 4.79 Å². The van der Waals surface area contributed by atoms with Gasteiger partial charge in [-0.1, -0.05) is 23.2 Å². The molecule has 3 rings (SSSR count). The first-order chi connectivity index (χ1) is 12.9. The van der Waals surface area contributed by atoms with Gasteiger partial charge in [0.2, 0.25) is 5.91 Å². The maximum Gasteiger partial charge on any atom is 0.407 e. The van der Waals surface area contributed by atoms with Crippen LogP contribution in [0.25, 0.3) is 0 Å². The summed E-state index contributed by atoms with van der Waals surface area (Å²) in [6.07, 6.45) is 2.98. The number of pyridine rings is 1. The van der Waals surface area contributed by atoms with Crippen LogP contribution in [0.5, 0.6) is 5.75 Å². The third-order valence-electron chi connectivity index (χ3n) is 4.53. The molecule has 1 aromatic heterocycles. The molecule has 0 saturated carbocycles. The zero-order chi connectivity index (χ0) is 19.6. The standard InChI is InChI=1S/C18H17Cl2N3O4/c19-11-3-4-13(24)14(15(11)20)16(10-5-7-21-8-6-10)22-17(25)12-2-1-9-23(12)18(26)27/h3-8,12,16,24H,1-2,9H2,(H,22,25)(H,26,27)/t12-,16?/m0/s1. The van der Waals surface area contributed by atoms with Gasteiger partial charge in [-0.05, 0) is 42.7 Å². The number of amides is 2. The van der Waals surface area contributed by atoms with E-state index in [4.69, 9.17) is 23.2 Å². The van der Waals surface area contributed by atoms with Gasteiger partial charge in [-0.15, -0.1) is 0 Å². The average Bonchev–Trinajstić information content (AvgIpc) is 3.15. The first-order valence-electron chi connectivity index (χ1n) is 8.27. The van der Waals surface area contributed by atoms with Crippen molar-refractivity contribution in [2.75, 3.05) is 6.54 Å².